The van der Waals surface area contributed by atoms with E-state index in [4.69, 9.17) is 33.2 Å². The van der Waals surface area contributed by atoms with Gasteiger partial charge in [0.15, 0.2) is 0 Å². The highest BCUT2D eigenvalue weighted by Crippen LogP contribution is 2.51. The van der Waals surface area contributed by atoms with E-state index in [0.717, 1.165) is 29.7 Å². The van der Waals surface area contributed by atoms with Crippen LogP contribution in [0.1, 0.15) is 41.5 Å². The van der Waals surface area contributed by atoms with Gasteiger partial charge in [0.1, 0.15) is 0 Å². The Morgan fingerprint density at radius 2 is 1.10 bits per heavy atom. The third kappa shape index (κ3) is 4.38. The van der Waals surface area contributed by atoms with Gasteiger partial charge in [-0.2, -0.15) is 0 Å². The van der Waals surface area contributed by atoms with Crippen LogP contribution in [0.2, 0.25) is 0 Å². The predicted molar refractivity (Wildman–Crippen MR) is 135 cm³/mol. The monoisotopic (exact) mass is 484 g/mol. The molecule has 1 aliphatic heterocycles. The van der Waals surface area contributed by atoms with E-state index in [1.54, 1.807) is 0 Å². The molecule has 0 bridgehead atoms. The van der Waals surface area contributed by atoms with E-state index in [2.05, 4.69) is 74.9 Å². The first-order valence-electron chi connectivity index (χ1n) is 10.0. The molecule has 0 atom stereocenters. The topological polar surface area (TPSA) is 6.48 Å². The summed E-state index contributed by atoms with van der Waals surface area (Å²) >= 11 is 22.6. The Labute approximate surface area is 191 Å². The Morgan fingerprint density at radius 1 is 0.724 bits per heavy atom. The average molecular weight is 486 g/mol. The molecule has 158 valence electrons. The number of hydrogen-bond acceptors (Lipinski definition) is 2. The number of rotatable bonds is 4. The SMILES string of the molecule is CC(C)(C)CN1c2ccccc2N(CC(C)(C)C)[Si]1(Cl)[Si](Cl)(Cl)c1ccccc1. The molecular weight excluding hydrogens is 455 g/mol. The zero-order valence-electron chi connectivity index (χ0n) is 18.1. The maximum absolute atomic E-state index is 7.79. The maximum Gasteiger partial charge on any atom is 0.386 e. The van der Waals surface area contributed by atoms with Crippen LogP contribution >= 0.6 is 33.2 Å². The first-order chi connectivity index (χ1) is 13.3. The zero-order chi connectivity index (χ0) is 21.7. The second kappa shape index (κ2) is 7.79. The van der Waals surface area contributed by atoms with Crippen LogP contribution in [0.4, 0.5) is 11.4 Å². The molecule has 0 unspecified atom stereocenters. The Hall–Kier alpha value is -0.656. The van der Waals surface area contributed by atoms with Gasteiger partial charge in [-0.1, -0.05) is 84.0 Å². The summed E-state index contributed by atoms with van der Waals surface area (Å²) in [6, 6.07) is 18.6. The lowest BCUT2D eigenvalue weighted by atomic mass is 9.96. The van der Waals surface area contributed by atoms with Crippen molar-refractivity contribution in [1.29, 1.82) is 0 Å². The van der Waals surface area contributed by atoms with Gasteiger partial charge in [-0.25, -0.2) is 0 Å². The predicted octanol–water partition coefficient (Wildman–Crippen LogP) is 6.49. The van der Waals surface area contributed by atoms with Crippen LogP contribution in [0.5, 0.6) is 0 Å². The van der Waals surface area contributed by atoms with Crippen LogP contribution < -0.4 is 14.3 Å². The Bertz CT molecular complexity index is 817. The minimum Gasteiger partial charge on any atom is -0.367 e. The molecule has 2 aromatic carbocycles. The number of para-hydroxylation sites is 2. The van der Waals surface area contributed by atoms with Crippen LogP contribution in [0.15, 0.2) is 54.6 Å². The molecule has 1 aliphatic rings. The molecule has 0 fully saturated rings. The standard InChI is InChI=1S/C22H31Cl3N2Si2/c1-21(2,3)16-26-19-14-10-11-15-20(19)27(17-22(4,5)6)29(26,25)28(23,24)18-12-8-7-9-13-18/h7-15H,16-17H2,1-6H3. The number of benzene rings is 2. The summed E-state index contributed by atoms with van der Waals surface area (Å²) < 4.78 is 4.77. The fraction of sp³-hybridized carbons (Fsp3) is 0.455. The van der Waals surface area contributed by atoms with E-state index in [1.807, 2.05) is 30.3 Å². The fourth-order valence-corrected chi connectivity index (χ4v) is 19.4. The highest BCUT2D eigenvalue weighted by atomic mass is 35.7. The summed E-state index contributed by atoms with van der Waals surface area (Å²) in [5, 5.41) is 0.982. The van der Waals surface area contributed by atoms with Gasteiger partial charge in [0, 0.05) is 13.1 Å². The molecule has 0 N–H and O–H groups in total. The highest BCUT2D eigenvalue weighted by molar-refractivity contribution is 7.88. The van der Waals surface area contributed by atoms with E-state index in [1.165, 1.54) is 0 Å². The van der Waals surface area contributed by atoms with Crippen molar-refractivity contribution < 1.29 is 0 Å². The molecule has 1 heterocycles. The normalized spacial score (nSPS) is 16.9. The largest absolute Gasteiger partial charge is 0.386 e. The lowest BCUT2D eigenvalue weighted by Gasteiger charge is -2.47. The van der Waals surface area contributed by atoms with Crippen molar-refractivity contribution in [3.05, 3.63) is 54.6 Å². The maximum atomic E-state index is 7.79. The zero-order valence-corrected chi connectivity index (χ0v) is 22.4. The molecule has 0 radical (unpaired) electrons. The smallest absolute Gasteiger partial charge is 0.367 e. The molecular formula is C22H31Cl3N2Si2. The van der Waals surface area contributed by atoms with Gasteiger partial charge in [0.25, 0.3) is 0 Å². The van der Waals surface area contributed by atoms with Crippen molar-refractivity contribution in [2.45, 2.75) is 41.5 Å². The van der Waals surface area contributed by atoms with Crippen molar-refractivity contribution in [2.24, 2.45) is 10.8 Å². The highest BCUT2D eigenvalue weighted by Gasteiger charge is 2.68. The lowest BCUT2D eigenvalue weighted by Crippen LogP contribution is -2.77. The van der Waals surface area contributed by atoms with Crippen LogP contribution in [-0.2, 0) is 0 Å². The van der Waals surface area contributed by atoms with Crippen LogP contribution in [0.3, 0.4) is 0 Å². The first-order valence-corrected chi connectivity index (χ1v) is 18.0. The molecule has 0 aromatic heterocycles. The van der Waals surface area contributed by atoms with Crippen molar-refractivity contribution in [2.75, 3.05) is 22.2 Å². The molecule has 0 spiro atoms. The quantitative estimate of drug-likeness (QED) is 0.361. The minimum absolute atomic E-state index is 0.0486. The molecule has 3 rings (SSSR count). The van der Waals surface area contributed by atoms with E-state index < -0.39 is 13.4 Å². The summed E-state index contributed by atoms with van der Waals surface area (Å²) in [7, 11) is -3.03. The van der Waals surface area contributed by atoms with Crippen molar-refractivity contribution in [1.82, 2.24) is 0 Å². The molecule has 0 aliphatic carbocycles. The van der Waals surface area contributed by atoms with Crippen LogP contribution in [0, 0.1) is 10.8 Å². The van der Waals surface area contributed by atoms with Gasteiger partial charge in [-0.3, -0.25) is 0 Å². The molecule has 7 heteroatoms. The van der Waals surface area contributed by atoms with Gasteiger partial charge in [0.2, 0.25) is 0 Å². The number of nitrogens with zero attached hydrogens (tertiary/aromatic N) is 2. The number of fused-ring (bicyclic) bond motifs is 1. The van der Waals surface area contributed by atoms with Gasteiger partial charge in [-0.05, 0) is 28.1 Å². The summed E-state index contributed by atoms with van der Waals surface area (Å²) in [6.07, 6.45) is -3.09. The minimum atomic E-state index is -3.09. The van der Waals surface area contributed by atoms with Gasteiger partial charge in [0.05, 0.1) is 11.4 Å². The first kappa shape index (κ1) is 23.0. The Balaban J connectivity index is 2.25. The third-order valence-electron chi connectivity index (χ3n) is 4.98. The van der Waals surface area contributed by atoms with E-state index in [0.29, 0.717) is 0 Å². The van der Waals surface area contributed by atoms with E-state index in [-0.39, 0.29) is 10.8 Å². The van der Waals surface area contributed by atoms with E-state index in [9.17, 15) is 0 Å². The molecule has 0 saturated heterocycles. The van der Waals surface area contributed by atoms with Gasteiger partial charge < -0.3 is 9.13 Å². The molecule has 2 nitrogen and oxygen atoms in total. The van der Waals surface area contributed by atoms with Crippen molar-refractivity contribution in [3.63, 3.8) is 0 Å². The van der Waals surface area contributed by atoms with Crippen LogP contribution in [-0.4, -0.2) is 26.5 Å². The number of anilines is 2. The molecule has 2 aromatic rings. The van der Waals surface area contributed by atoms with Gasteiger partial charge >= 0.3 is 13.4 Å². The third-order valence-corrected chi connectivity index (χ3v) is 25.5. The summed E-state index contributed by atoms with van der Waals surface area (Å²) in [4.78, 5) is 0. The number of hydrogen-bond donors (Lipinski definition) is 0. The summed E-state index contributed by atoms with van der Waals surface area (Å²) in [6.45, 7) is 15.0. The molecule has 0 saturated carbocycles. The van der Waals surface area contributed by atoms with Crippen molar-refractivity contribution in [3.8, 4) is 0 Å². The fourth-order valence-electron chi connectivity index (χ4n) is 3.88. The molecule has 0 amide bonds. The lowest BCUT2D eigenvalue weighted by molar-refractivity contribution is 0.424. The average Bonchev–Trinajstić information content (AvgIpc) is 2.84. The van der Waals surface area contributed by atoms with Crippen LogP contribution in [0.25, 0.3) is 0 Å². The van der Waals surface area contributed by atoms with E-state index >= 15 is 0 Å². The Morgan fingerprint density at radius 3 is 1.48 bits per heavy atom. The second-order valence-corrected chi connectivity index (χ2v) is 27.0. The Kier molecular flexibility index (Phi) is 6.19. The second-order valence-electron chi connectivity index (χ2n) is 10.3. The summed E-state index contributed by atoms with van der Waals surface area (Å²) in [5.41, 5.74) is 2.41. The van der Waals surface area contributed by atoms with Gasteiger partial charge in [-0.15, -0.1) is 33.2 Å². The summed E-state index contributed by atoms with van der Waals surface area (Å²) in [5.74, 6) is 0. The number of halogens is 3. The van der Waals surface area contributed by atoms with Crippen molar-refractivity contribution >= 4 is 63.2 Å². The molecule has 29 heavy (non-hydrogen) atoms.